The van der Waals surface area contributed by atoms with Crippen molar-refractivity contribution >= 4 is 0 Å². The second kappa shape index (κ2) is 6.92. The van der Waals surface area contributed by atoms with Crippen molar-refractivity contribution in [2.45, 2.75) is 45.7 Å². The number of benzene rings is 1. The number of nitrogens with zero attached hydrogens (tertiary/aromatic N) is 1. The van der Waals surface area contributed by atoms with E-state index in [2.05, 4.69) is 51.9 Å². The highest BCUT2D eigenvalue weighted by Crippen LogP contribution is 2.31. The van der Waals surface area contributed by atoms with E-state index in [4.69, 9.17) is 10.5 Å². The predicted octanol–water partition coefficient (Wildman–Crippen LogP) is 3.04. The summed E-state index contributed by atoms with van der Waals surface area (Å²) in [6.45, 7) is 6.28. The Morgan fingerprint density at radius 2 is 1.68 bits per heavy atom. The number of aryl methyl sites for hydroxylation is 2. The molecule has 0 aliphatic rings. The van der Waals surface area contributed by atoms with Crippen molar-refractivity contribution in [2.24, 2.45) is 5.73 Å². The van der Waals surface area contributed by atoms with Crippen LogP contribution in [0.1, 0.15) is 42.5 Å². The average Bonchev–Trinajstić information content (AvgIpc) is 2.27. The maximum absolute atomic E-state index is 5.89. The maximum Gasteiger partial charge on any atom is 0.124 e. The molecule has 3 heteroatoms. The fraction of sp³-hybridized carbons (Fsp3) is 0.625. The minimum absolute atomic E-state index is 0.253. The highest BCUT2D eigenvalue weighted by Gasteiger charge is 2.17. The molecule has 108 valence electrons. The van der Waals surface area contributed by atoms with E-state index in [-0.39, 0.29) is 6.04 Å². The van der Waals surface area contributed by atoms with Crippen LogP contribution in [0.2, 0.25) is 0 Å². The Morgan fingerprint density at radius 3 is 2.05 bits per heavy atom. The van der Waals surface area contributed by atoms with Gasteiger partial charge in [-0.15, -0.1) is 0 Å². The number of rotatable bonds is 6. The van der Waals surface area contributed by atoms with E-state index >= 15 is 0 Å². The summed E-state index contributed by atoms with van der Waals surface area (Å²) in [5.41, 5.74) is 9.63. The van der Waals surface area contributed by atoms with E-state index in [1.165, 1.54) is 16.7 Å². The third-order valence-electron chi connectivity index (χ3n) is 3.59. The highest BCUT2D eigenvalue weighted by molar-refractivity contribution is 5.44. The quantitative estimate of drug-likeness (QED) is 0.858. The van der Waals surface area contributed by atoms with Crippen LogP contribution in [0.4, 0.5) is 0 Å². The van der Waals surface area contributed by atoms with Gasteiger partial charge in [0.2, 0.25) is 0 Å². The first-order valence-corrected chi connectivity index (χ1v) is 6.94. The van der Waals surface area contributed by atoms with E-state index < -0.39 is 0 Å². The summed E-state index contributed by atoms with van der Waals surface area (Å²) in [5, 5.41) is 0. The molecule has 2 atom stereocenters. The lowest BCUT2D eigenvalue weighted by Gasteiger charge is -2.27. The molecule has 0 aromatic heterocycles. The Labute approximate surface area is 117 Å². The van der Waals surface area contributed by atoms with Gasteiger partial charge >= 0.3 is 0 Å². The number of nitrogens with two attached hydrogens (primary N) is 1. The summed E-state index contributed by atoms with van der Waals surface area (Å²) in [6, 6.07) is 5.13. The van der Waals surface area contributed by atoms with Gasteiger partial charge in [-0.2, -0.15) is 0 Å². The molecule has 2 unspecified atom stereocenters. The highest BCUT2D eigenvalue weighted by atomic mass is 16.5. The zero-order valence-corrected chi connectivity index (χ0v) is 13.2. The molecule has 0 aliphatic heterocycles. The molecule has 1 aromatic rings. The number of hydrogen-bond acceptors (Lipinski definition) is 3. The third kappa shape index (κ3) is 4.22. The Kier molecular flexibility index (Phi) is 5.83. The largest absolute Gasteiger partial charge is 0.496 e. The lowest BCUT2D eigenvalue weighted by Crippen LogP contribution is -2.23. The van der Waals surface area contributed by atoms with Gasteiger partial charge in [0.25, 0.3) is 0 Å². The lowest BCUT2D eigenvalue weighted by atomic mass is 9.95. The number of methoxy groups -OCH3 is 1. The fourth-order valence-corrected chi connectivity index (χ4v) is 2.64. The third-order valence-corrected chi connectivity index (χ3v) is 3.59. The van der Waals surface area contributed by atoms with Gasteiger partial charge < -0.3 is 15.4 Å². The van der Waals surface area contributed by atoms with Gasteiger partial charge in [0, 0.05) is 12.1 Å². The Balaban J connectivity index is 3.03. The molecule has 1 aromatic carbocycles. The molecule has 0 saturated carbocycles. The standard InChI is InChI=1S/C16H28N2O/c1-11-9-14(10-12(2)16(11)19-6)15(18(4)5)8-7-13(3)17/h9-10,13,15H,7-8,17H2,1-6H3. The number of hydrogen-bond donors (Lipinski definition) is 1. The Hall–Kier alpha value is -1.06. The van der Waals surface area contributed by atoms with Gasteiger partial charge in [-0.05, 0) is 64.4 Å². The van der Waals surface area contributed by atoms with Crippen molar-refractivity contribution in [3.63, 3.8) is 0 Å². The smallest absolute Gasteiger partial charge is 0.124 e. The van der Waals surface area contributed by atoms with Crippen molar-refractivity contribution in [2.75, 3.05) is 21.2 Å². The molecule has 19 heavy (non-hydrogen) atoms. The van der Waals surface area contributed by atoms with E-state index in [9.17, 15) is 0 Å². The van der Waals surface area contributed by atoms with E-state index in [0.29, 0.717) is 6.04 Å². The van der Waals surface area contributed by atoms with E-state index in [1.54, 1.807) is 7.11 Å². The summed E-state index contributed by atoms with van der Waals surface area (Å²) in [6.07, 6.45) is 2.11. The van der Waals surface area contributed by atoms with Crippen molar-refractivity contribution in [3.8, 4) is 5.75 Å². The van der Waals surface area contributed by atoms with Crippen LogP contribution in [-0.4, -0.2) is 32.1 Å². The molecule has 1 rings (SSSR count). The molecular formula is C16H28N2O. The van der Waals surface area contributed by atoms with Crippen LogP contribution in [0.3, 0.4) is 0 Å². The van der Waals surface area contributed by atoms with Crippen LogP contribution in [0.5, 0.6) is 5.75 Å². The lowest BCUT2D eigenvalue weighted by molar-refractivity contribution is 0.274. The van der Waals surface area contributed by atoms with Gasteiger partial charge in [0.1, 0.15) is 5.75 Å². The van der Waals surface area contributed by atoms with Crippen molar-refractivity contribution in [3.05, 3.63) is 28.8 Å². The van der Waals surface area contributed by atoms with Crippen LogP contribution in [0.25, 0.3) is 0 Å². The van der Waals surface area contributed by atoms with Gasteiger partial charge in [-0.3, -0.25) is 0 Å². The SMILES string of the molecule is COc1c(C)cc(C(CCC(C)N)N(C)C)cc1C. The monoisotopic (exact) mass is 264 g/mol. The average molecular weight is 264 g/mol. The minimum Gasteiger partial charge on any atom is -0.496 e. The second-order valence-corrected chi connectivity index (χ2v) is 5.72. The minimum atomic E-state index is 0.253. The van der Waals surface area contributed by atoms with Crippen LogP contribution in [0, 0.1) is 13.8 Å². The molecule has 0 saturated heterocycles. The van der Waals surface area contributed by atoms with Crippen molar-refractivity contribution in [1.29, 1.82) is 0 Å². The predicted molar refractivity (Wildman–Crippen MR) is 81.8 cm³/mol. The van der Waals surface area contributed by atoms with Gasteiger partial charge in [0.05, 0.1) is 7.11 Å². The van der Waals surface area contributed by atoms with Crippen LogP contribution < -0.4 is 10.5 Å². The second-order valence-electron chi connectivity index (χ2n) is 5.72. The summed E-state index contributed by atoms with van der Waals surface area (Å²) in [4.78, 5) is 2.27. The molecule has 0 fully saturated rings. The van der Waals surface area contributed by atoms with E-state index in [1.807, 2.05) is 0 Å². The molecule has 0 spiro atoms. The van der Waals surface area contributed by atoms with Crippen LogP contribution >= 0.6 is 0 Å². The van der Waals surface area contributed by atoms with Crippen molar-refractivity contribution < 1.29 is 4.74 Å². The Morgan fingerprint density at radius 1 is 1.16 bits per heavy atom. The van der Waals surface area contributed by atoms with E-state index in [0.717, 1.165) is 18.6 Å². The molecular weight excluding hydrogens is 236 g/mol. The molecule has 0 amide bonds. The summed E-state index contributed by atoms with van der Waals surface area (Å²) in [7, 11) is 5.98. The normalized spacial score (nSPS) is 14.5. The Bertz CT molecular complexity index is 390. The molecule has 0 aliphatic carbocycles. The zero-order valence-electron chi connectivity index (χ0n) is 13.2. The number of ether oxygens (including phenoxy) is 1. The maximum atomic E-state index is 5.89. The summed E-state index contributed by atoms with van der Waals surface area (Å²) in [5.74, 6) is 0.994. The summed E-state index contributed by atoms with van der Waals surface area (Å²) < 4.78 is 5.44. The van der Waals surface area contributed by atoms with Gasteiger partial charge in [0.15, 0.2) is 0 Å². The summed E-state index contributed by atoms with van der Waals surface area (Å²) >= 11 is 0. The first kappa shape index (κ1) is 16.0. The zero-order chi connectivity index (χ0) is 14.6. The van der Waals surface area contributed by atoms with Gasteiger partial charge in [-0.25, -0.2) is 0 Å². The first-order valence-electron chi connectivity index (χ1n) is 6.94. The molecule has 0 heterocycles. The van der Waals surface area contributed by atoms with Crippen LogP contribution in [0.15, 0.2) is 12.1 Å². The van der Waals surface area contributed by atoms with Crippen LogP contribution in [-0.2, 0) is 0 Å². The molecule has 0 bridgehead atoms. The van der Waals surface area contributed by atoms with Gasteiger partial charge in [-0.1, -0.05) is 12.1 Å². The molecule has 0 radical (unpaired) electrons. The molecule has 3 nitrogen and oxygen atoms in total. The fourth-order valence-electron chi connectivity index (χ4n) is 2.64. The van der Waals surface area contributed by atoms with Crippen molar-refractivity contribution in [1.82, 2.24) is 4.90 Å². The molecule has 2 N–H and O–H groups in total. The first-order chi connectivity index (χ1) is 8.86. The topological polar surface area (TPSA) is 38.5 Å².